The Morgan fingerprint density at radius 1 is 1.21 bits per heavy atom. The van der Waals surface area contributed by atoms with E-state index in [1.165, 1.54) is 14.0 Å². The first-order valence-electron chi connectivity index (χ1n) is 3.92. The molecular formula is C10H13BrO3. The summed E-state index contributed by atoms with van der Waals surface area (Å²) in [7, 11) is 3.10. The van der Waals surface area contributed by atoms with Gasteiger partial charge in [-0.25, -0.2) is 0 Å². The van der Waals surface area contributed by atoms with Crippen LogP contribution in [0, 0.1) is 0 Å². The predicted molar refractivity (Wildman–Crippen MR) is 59.9 cm³/mol. The molecule has 0 fully saturated rings. The van der Waals surface area contributed by atoms with Crippen molar-refractivity contribution in [1.82, 2.24) is 0 Å². The summed E-state index contributed by atoms with van der Waals surface area (Å²) in [4.78, 5) is 11.2. The van der Waals surface area contributed by atoms with Crippen LogP contribution >= 0.6 is 17.0 Å². The van der Waals surface area contributed by atoms with Gasteiger partial charge in [-0.2, -0.15) is 0 Å². The minimum atomic E-state index is -0.0317. The summed E-state index contributed by atoms with van der Waals surface area (Å²) < 4.78 is 10.0. The van der Waals surface area contributed by atoms with Crippen LogP contribution in [0.15, 0.2) is 18.2 Å². The van der Waals surface area contributed by atoms with Crippen molar-refractivity contribution in [2.45, 2.75) is 6.92 Å². The Balaban J connectivity index is 0.00000169. The highest BCUT2D eigenvalue weighted by Crippen LogP contribution is 2.23. The molecule has 4 heteroatoms. The molecule has 14 heavy (non-hydrogen) atoms. The molecule has 1 rings (SSSR count). The van der Waals surface area contributed by atoms with E-state index in [9.17, 15) is 4.79 Å². The topological polar surface area (TPSA) is 35.5 Å². The molecule has 0 saturated carbocycles. The number of hydrogen-bond acceptors (Lipinski definition) is 3. The Hall–Kier alpha value is -1.03. The first kappa shape index (κ1) is 13.0. The number of carbonyl (C=O) groups excluding carboxylic acids is 1. The van der Waals surface area contributed by atoms with Crippen LogP contribution in [-0.2, 0) is 0 Å². The fourth-order valence-corrected chi connectivity index (χ4v) is 1.09. The highest BCUT2D eigenvalue weighted by Gasteiger charge is 2.08. The Labute approximate surface area is 93.8 Å². The molecule has 0 radical (unpaired) electrons. The SMILES string of the molecule is Br.COc1ccc(OC)c(C(C)=O)c1. The van der Waals surface area contributed by atoms with Crippen molar-refractivity contribution in [2.24, 2.45) is 0 Å². The number of ketones is 1. The maximum atomic E-state index is 11.2. The Kier molecular flexibility index (Phi) is 5.23. The van der Waals surface area contributed by atoms with Gasteiger partial charge in [0.2, 0.25) is 0 Å². The van der Waals surface area contributed by atoms with Gasteiger partial charge in [-0.05, 0) is 25.1 Å². The third kappa shape index (κ3) is 2.73. The number of hydrogen-bond donors (Lipinski definition) is 0. The van der Waals surface area contributed by atoms with Crippen LogP contribution in [0.4, 0.5) is 0 Å². The second-order valence-corrected chi connectivity index (χ2v) is 2.62. The highest BCUT2D eigenvalue weighted by molar-refractivity contribution is 8.93. The fourth-order valence-electron chi connectivity index (χ4n) is 1.09. The molecule has 3 nitrogen and oxygen atoms in total. The van der Waals surface area contributed by atoms with Crippen molar-refractivity contribution in [3.63, 3.8) is 0 Å². The van der Waals surface area contributed by atoms with Crippen molar-refractivity contribution >= 4 is 22.8 Å². The van der Waals surface area contributed by atoms with Crippen LogP contribution in [0.25, 0.3) is 0 Å². The quantitative estimate of drug-likeness (QED) is 0.784. The van der Waals surface area contributed by atoms with Gasteiger partial charge < -0.3 is 9.47 Å². The summed E-state index contributed by atoms with van der Waals surface area (Å²) in [5.41, 5.74) is 0.543. The van der Waals surface area contributed by atoms with Crippen molar-refractivity contribution in [3.05, 3.63) is 23.8 Å². The van der Waals surface area contributed by atoms with Gasteiger partial charge in [0.25, 0.3) is 0 Å². The summed E-state index contributed by atoms with van der Waals surface area (Å²) in [6, 6.07) is 5.14. The van der Waals surface area contributed by atoms with Crippen LogP contribution in [-0.4, -0.2) is 20.0 Å². The van der Waals surface area contributed by atoms with E-state index < -0.39 is 0 Å². The smallest absolute Gasteiger partial charge is 0.163 e. The molecular weight excluding hydrogens is 248 g/mol. The lowest BCUT2D eigenvalue weighted by molar-refractivity contribution is 0.101. The van der Waals surface area contributed by atoms with E-state index in [4.69, 9.17) is 9.47 Å². The molecule has 0 bridgehead atoms. The molecule has 0 saturated heterocycles. The summed E-state index contributed by atoms with van der Waals surface area (Å²) in [5.74, 6) is 1.20. The second kappa shape index (κ2) is 5.65. The Morgan fingerprint density at radius 3 is 2.29 bits per heavy atom. The Morgan fingerprint density at radius 2 is 1.86 bits per heavy atom. The van der Waals surface area contributed by atoms with E-state index in [-0.39, 0.29) is 22.8 Å². The number of Topliss-reactive ketones (excluding diaryl/α,β-unsaturated/α-hetero) is 1. The molecule has 0 heterocycles. The lowest BCUT2D eigenvalue weighted by atomic mass is 10.1. The van der Waals surface area contributed by atoms with Gasteiger partial charge in [-0.3, -0.25) is 4.79 Å². The monoisotopic (exact) mass is 260 g/mol. The summed E-state index contributed by atoms with van der Waals surface area (Å²) in [6.45, 7) is 1.50. The zero-order valence-electron chi connectivity index (χ0n) is 8.37. The molecule has 0 amide bonds. The summed E-state index contributed by atoms with van der Waals surface area (Å²) >= 11 is 0. The normalized spacial score (nSPS) is 8.79. The van der Waals surface area contributed by atoms with E-state index in [0.29, 0.717) is 17.1 Å². The van der Waals surface area contributed by atoms with Crippen molar-refractivity contribution in [1.29, 1.82) is 0 Å². The van der Waals surface area contributed by atoms with Crippen LogP contribution in [0.5, 0.6) is 11.5 Å². The molecule has 0 aliphatic rings. The van der Waals surface area contributed by atoms with Gasteiger partial charge in [-0.1, -0.05) is 0 Å². The van der Waals surface area contributed by atoms with E-state index >= 15 is 0 Å². The van der Waals surface area contributed by atoms with Gasteiger partial charge in [0.05, 0.1) is 19.8 Å². The van der Waals surface area contributed by atoms with Crippen LogP contribution in [0.2, 0.25) is 0 Å². The molecule has 1 aromatic rings. The molecule has 0 N–H and O–H groups in total. The van der Waals surface area contributed by atoms with E-state index in [1.54, 1.807) is 25.3 Å². The van der Waals surface area contributed by atoms with Gasteiger partial charge in [0.1, 0.15) is 11.5 Å². The lowest BCUT2D eigenvalue weighted by Gasteiger charge is -2.07. The first-order chi connectivity index (χ1) is 6.19. The predicted octanol–water partition coefficient (Wildman–Crippen LogP) is 2.48. The molecule has 0 spiro atoms. The van der Waals surface area contributed by atoms with Gasteiger partial charge in [0.15, 0.2) is 5.78 Å². The number of halogens is 1. The standard InChI is InChI=1S/C10H12O3.BrH/c1-7(11)9-6-8(12-2)4-5-10(9)13-3;/h4-6H,1-3H3;1H. The molecule has 0 aliphatic heterocycles. The van der Waals surface area contributed by atoms with E-state index in [0.717, 1.165) is 0 Å². The number of rotatable bonds is 3. The number of ether oxygens (including phenoxy) is 2. The third-order valence-corrected chi connectivity index (χ3v) is 1.79. The number of carbonyl (C=O) groups is 1. The summed E-state index contributed by atoms with van der Waals surface area (Å²) in [6.07, 6.45) is 0. The average molecular weight is 261 g/mol. The van der Waals surface area contributed by atoms with Gasteiger partial charge in [0, 0.05) is 0 Å². The van der Waals surface area contributed by atoms with Crippen molar-refractivity contribution in [2.75, 3.05) is 14.2 Å². The maximum Gasteiger partial charge on any atom is 0.163 e. The minimum Gasteiger partial charge on any atom is -0.497 e. The fraction of sp³-hybridized carbons (Fsp3) is 0.300. The molecule has 0 atom stereocenters. The molecule has 0 aliphatic carbocycles. The Bertz CT molecular complexity index is 323. The van der Waals surface area contributed by atoms with Crippen LogP contribution in [0.3, 0.4) is 0 Å². The lowest BCUT2D eigenvalue weighted by Crippen LogP contribution is -1.98. The van der Waals surface area contributed by atoms with Gasteiger partial charge >= 0.3 is 0 Å². The minimum absolute atomic E-state index is 0. The van der Waals surface area contributed by atoms with Gasteiger partial charge in [-0.15, -0.1) is 17.0 Å². The van der Waals surface area contributed by atoms with Crippen molar-refractivity contribution in [3.8, 4) is 11.5 Å². The largest absolute Gasteiger partial charge is 0.497 e. The molecule has 0 unspecified atom stereocenters. The second-order valence-electron chi connectivity index (χ2n) is 2.62. The maximum absolute atomic E-state index is 11.2. The molecule has 1 aromatic carbocycles. The van der Waals surface area contributed by atoms with Crippen molar-refractivity contribution < 1.29 is 14.3 Å². The van der Waals surface area contributed by atoms with E-state index in [1.807, 2.05) is 0 Å². The zero-order chi connectivity index (χ0) is 9.84. The third-order valence-electron chi connectivity index (χ3n) is 1.79. The highest BCUT2D eigenvalue weighted by atomic mass is 79.9. The van der Waals surface area contributed by atoms with Crippen LogP contribution in [0.1, 0.15) is 17.3 Å². The summed E-state index contributed by atoms with van der Waals surface area (Å²) in [5, 5.41) is 0. The molecule has 0 aromatic heterocycles. The number of benzene rings is 1. The first-order valence-corrected chi connectivity index (χ1v) is 3.92. The molecule has 78 valence electrons. The average Bonchev–Trinajstić information content (AvgIpc) is 2.16. The van der Waals surface area contributed by atoms with E-state index in [2.05, 4.69) is 0 Å². The zero-order valence-corrected chi connectivity index (χ0v) is 10.1. The number of methoxy groups -OCH3 is 2. The van der Waals surface area contributed by atoms with Crippen LogP contribution < -0.4 is 9.47 Å².